The fourth-order valence-corrected chi connectivity index (χ4v) is 5.32. The molecule has 0 radical (unpaired) electrons. The maximum atomic E-state index is 12.9. The number of carbonyl (C=O) groups is 1. The molecule has 0 unspecified atom stereocenters. The van der Waals surface area contributed by atoms with Crippen molar-refractivity contribution in [1.82, 2.24) is 19.9 Å². The van der Waals surface area contributed by atoms with Crippen LogP contribution >= 0.6 is 0 Å². The van der Waals surface area contributed by atoms with E-state index in [1.165, 1.54) is 37.6 Å². The standard InChI is InChI=1S/C26H33N5O/c32-25(28-17-20-12-14-27-15-13-20)22-9-6-16-30(19-22)26-29-23-10-4-5-11-24(23)31(26)18-21-7-2-1-3-8-21/h4-5,10-15,21-22H,1-3,6-9,16-19H2,(H,28,32)/t22-/m0/s1. The highest BCUT2D eigenvalue weighted by Crippen LogP contribution is 2.31. The number of nitrogens with zero attached hydrogens (tertiary/aromatic N) is 4. The first-order chi connectivity index (χ1) is 15.8. The Balaban J connectivity index is 1.32. The number of aromatic nitrogens is 3. The Morgan fingerprint density at radius 2 is 1.81 bits per heavy atom. The summed E-state index contributed by atoms with van der Waals surface area (Å²) in [7, 11) is 0. The number of hydrogen-bond donors (Lipinski definition) is 1. The van der Waals surface area contributed by atoms with E-state index in [-0.39, 0.29) is 11.8 Å². The van der Waals surface area contributed by atoms with Crippen molar-refractivity contribution >= 4 is 22.9 Å². The van der Waals surface area contributed by atoms with Crippen molar-refractivity contribution < 1.29 is 4.79 Å². The first-order valence-electron chi connectivity index (χ1n) is 12.1. The van der Waals surface area contributed by atoms with Crippen LogP contribution in [0.3, 0.4) is 0 Å². The summed E-state index contributed by atoms with van der Waals surface area (Å²) >= 11 is 0. The Hall–Kier alpha value is -2.89. The normalized spacial score (nSPS) is 19.9. The van der Waals surface area contributed by atoms with Crippen molar-refractivity contribution in [2.24, 2.45) is 11.8 Å². The summed E-state index contributed by atoms with van der Waals surface area (Å²) in [4.78, 5) is 24.4. The van der Waals surface area contributed by atoms with Crippen LogP contribution in [0.15, 0.2) is 48.8 Å². The van der Waals surface area contributed by atoms with Gasteiger partial charge in [-0.2, -0.15) is 0 Å². The molecule has 1 amide bonds. The molecule has 32 heavy (non-hydrogen) atoms. The number of fused-ring (bicyclic) bond motifs is 1. The number of carbonyl (C=O) groups excluding carboxylic acids is 1. The highest BCUT2D eigenvalue weighted by Gasteiger charge is 2.29. The molecular formula is C26H33N5O. The highest BCUT2D eigenvalue weighted by molar-refractivity contribution is 5.81. The summed E-state index contributed by atoms with van der Waals surface area (Å²) in [6.07, 6.45) is 12.2. The first-order valence-corrected chi connectivity index (χ1v) is 12.1. The Morgan fingerprint density at radius 1 is 1.00 bits per heavy atom. The highest BCUT2D eigenvalue weighted by atomic mass is 16.1. The van der Waals surface area contributed by atoms with Gasteiger partial charge in [-0.25, -0.2) is 4.98 Å². The number of para-hydroxylation sites is 2. The minimum Gasteiger partial charge on any atom is -0.352 e. The molecule has 168 valence electrons. The minimum absolute atomic E-state index is 0.00599. The lowest BCUT2D eigenvalue weighted by molar-refractivity contribution is -0.125. The van der Waals surface area contributed by atoms with Crippen molar-refractivity contribution in [3.63, 3.8) is 0 Å². The van der Waals surface area contributed by atoms with E-state index in [1.807, 2.05) is 12.1 Å². The fraction of sp³-hybridized carbons (Fsp3) is 0.500. The minimum atomic E-state index is -0.00599. The molecule has 2 fully saturated rings. The molecule has 1 saturated heterocycles. The third-order valence-electron chi connectivity index (χ3n) is 7.09. The van der Waals surface area contributed by atoms with Crippen molar-refractivity contribution in [3.05, 3.63) is 54.4 Å². The monoisotopic (exact) mass is 431 g/mol. The van der Waals surface area contributed by atoms with E-state index in [9.17, 15) is 4.79 Å². The lowest BCUT2D eigenvalue weighted by Gasteiger charge is -2.34. The summed E-state index contributed by atoms with van der Waals surface area (Å²) in [5.41, 5.74) is 3.36. The number of anilines is 1. The topological polar surface area (TPSA) is 63.1 Å². The average Bonchev–Trinajstić information content (AvgIpc) is 3.22. The second kappa shape index (κ2) is 9.72. The lowest BCUT2D eigenvalue weighted by atomic mass is 9.89. The molecule has 1 atom stereocenters. The van der Waals surface area contributed by atoms with Crippen LogP contribution in [-0.4, -0.2) is 33.5 Å². The van der Waals surface area contributed by atoms with E-state index in [0.717, 1.165) is 55.4 Å². The molecule has 1 aromatic carbocycles. The molecule has 6 nitrogen and oxygen atoms in total. The summed E-state index contributed by atoms with van der Waals surface area (Å²) < 4.78 is 2.43. The maximum absolute atomic E-state index is 12.9. The molecule has 1 aliphatic carbocycles. The summed E-state index contributed by atoms with van der Waals surface area (Å²) in [5.74, 6) is 1.91. The molecule has 3 aromatic rings. The zero-order chi connectivity index (χ0) is 21.8. The number of benzene rings is 1. The molecule has 2 aromatic heterocycles. The Bertz CT molecular complexity index is 1040. The van der Waals surface area contributed by atoms with Gasteiger partial charge >= 0.3 is 0 Å². The van der Waals surface area contributed by atoms with Gasteiger partial charge in [-0.3, -0.25) is 9.78 Å². The number of imidazole rings is 1. The van der Waals surface area contributed by atoms with Crippen LogP contribution in [0.2, 0.25) is 0 Å². The smallest absolute Gasteiger partial charge is 0.225 e. The van der Waals surface area contributed by atoms with E-state index in [0.29, 0.717) is 6.54 Å². The van der Waals surface area contributed by atoms with Crippen LogP contribution < -0.4 is 10.2 Å². The maximum Gasteiger partial charge on any atom is 0.225 e. The van der Waals surface area contributed by atoms with Gasteiger partial charge in [0.15, 0.2) is 0 Å². The third-order valence-corrected chi connectivity index (χ3v) is 7.09. The lowest BCUT2D eigenvalue weighted by Crippen LogP contribution is -2.44. The van der Waals surface area contributed by atoms with Crippen LogP contribution in [0.1, 0.15) is 50.5 Å². The molecule has 5 rings (SSSR count). The summed E-state index contributed by atoms with van der Waals surface area (Å²) in [5, 5.41) is 3.13. The Morgan fingerprint density at radius 3 is 2.66 bits per heavy atom. The van der Waals surface area contributed by atoms with Gasteiger partial charge in [0.25, 0.3) is 0 Å². The zero-order valence-electron chi connectivity index (χ0n) is 18.7. The zero-order valence-corrected chi connectivity index (χ0v) is 18.7. The van der Waals surface area contributed by atoms with E-state index >= 15 is 0 Å². The predicted octanol–water partition coefficient (Wildman–Crippen LogP) is 4.54. The molecule has 1 N–H and O–H groups in total. The molecule has 0 bridgehead atoms. The van der Waals surface area contributed by atoms with Crippen molar-refractivity contribution in [3.8, 4) is 0 Å². The average molecular weight is 432 g/mol. The quantitative estimate of drug-likeness (QED) is 0.622. The van der Waals surface area contributed by atoms with Crippen LogP contribution in [-0.2, 0) is 17.9 Å². The molecule has 2 aliphatic rings. The molecule has 1 aliphatic heterocycles. The van der Waals surface area contributed by atoms with Crippen molar-refractivity contribution in [1.29, 1.82) is 0 Å². The number of amides is 1. The van der Waals surface area contributed by atoms with Crippen LogP contribution in [0.5, 0.6) is 0 Å². The molecule has 6 heteroatoms. The fourth-order valence-electron chi connectivity index (χ4n) is 5.32. The van der Waals surface area contributed by atoms with Crippen molar-refractivity contribution in [2.75, 3.05) is 18.0 Å². The number of nitrogens with one attached hydrogen (secondary N) is 1. The van der Waals surface area contributed by atoms with Gasteiger partial charge in [-0.15, -0.1) is 0 Å². The second-order valence-electron chi connectivity index (χ2n) is 9.37. The van der Waals surface area contributed by atoms with E-state index in [4.69, 9.17) is 4.98 Å². The van der Waals surface area contributed by atoms with E-state index < -0.39 is 0 Å². The van der Waals surface area contributed by atoms with Crippen molar-refractivity contribution in [2.45, 2.75) is 58.0 Å². The largest absolute Gasteiger partial charge is 0.352 e. The number of rotatable bonds is 6. The number of piperidine rings is 1. The van der Waals surface area contributed by atoms with E-state index in [1.54, 1.807) is 12.4 Å². The van der Waals surface area contributed by atoms with E-state index in [2.05, 4.69) is 44.0 Å². The molecule has 1 saturated carbocycles. The first kappa shape index (κ1) is 21.0. The number of hydrogen-bond acceptors (Lipinski definition) is 4. The van der Waals surface area contributed by atoms with Gasteiger partial charge < -0.3 is 14.8 Å². The molecule has 0 spiro atoms. The molecular weight excluding hydrogens is 398 g/mol. The van der Waals surface area contributed by atoms with Gasteiger partial charge in [0.05, 0.1) is 17.0 Å². The molecule has 3 heterocycles. The predicted molar refractivity (Wildman–Crippen MR) is 127 cm³/mol. The summed E-state index contributed by atoms with van der Waals surface area (Å²) in [6, 6.07) is 12.4. The Kier molecular flexibility index (Phi) is 6.37. The second-order valence-corrected chi connectivity index (χ2v) is 9.37. The Labute approximate surface area is 190 Å². The number of pyridine rings is 1. The van der Waals surface area contributed by atoms with Gasteiger partial charge in [-0.1, -0.05) is 31.4 Å². The van der Waals surface area contributed by atoms with Crippen LogP contribution in [0.4, 0.5) is 5.95 Å². The van der Waals surface area contributed by atoms with Crippen LogP contribution in [0.25, 0.3) is 11.0 Å². The van der Waals surface area contributed by atoms with Gasteiger partial charge in [0, 0.05) is 38.6 Å². The van der Waals surface area contributed by atoms with Crippen LogP contribution in [0, 0.1) is 11.8 Å². The third kappa shape index (κ3) is 4.64. The SMILES string of the molecule is O=C(NCc1ccncc1)[C@H]1CCCN(c2nc3ccccc3n2CC2CCCCC2)C1. The van der Waals surface area contributed by atoms with Gasteiger partial charge in [0.1, 0.15) is 0 Å². The summed E-state index contributed by atoms with van der Waals surface area (Å²) in [6.45, 7) is 3.28. The van der Waals surface area contributed by atoms with Gasteiger partial charge in [0.2, 0.25) is 11.9 Å². The van der Waals surface area contributed by atoms with Gasteiger partial charge in [-0.05, 0) is 61.4 Å².